The van der Waals surface area contributed by atoms with Crippen LogP contribution in [0, 0.1) is 5.41 Å². The minimum absolute atomic E-state index is 0.238. The number of hydrogen-bond donors (Lipinski definition) is 2. The number of carboxylic acids is 1. The summed E-state index contributed by atoms with van der Waals surface area (Å²) in [6, 6.07) is 1.81. The molecule has 0 aliphatic heterocycles. The molecule has 1 amide bonds. The lowest BCUT2D eigenvalue weighted by atomic mass is 9.84. The molecule has 0 fully saturated rings. The van der Waals surface area contributed by atoms with E-state index < -0.39 is 17.3 Å². The highest BCUT2D eigenvalue weighted by Gasteiger charge is 2.40. The van der Waals surface area contributed by atoms with E-state index in [9.17, 15) is 9.59 Å². The zero-order valence-corrected chi connectivity index (χ0v) is 10.2. The van der Waals surface area contributed by atoms with Gasteiger partial charge in [-0.15, -0.1) is 0 Å². The van der Waals surface area contributed by atoms with E-state index in [1.165, 1.54) is 14.0 Å². The number of amides is 1. The maximum absolute atomic E-state index is 11.6. The van der Waals surface area contributed by atoms with Crippen molar-refractivity contribution in [1.29, 1.82) is 0 Å². The number of rotatable bonds is 5. The first-order valence-electron chi connectivity index (χ1n) is 5.34. The van der Waals surface area contributed by atoms with Crippen LogP contribution in [0.4, 0.5) is 0 Å². The van der Waals surface area contributed by atoms with Crippen LogP contribution in [0.2, 0.25) is 0 Å². The van der Waals surface area contributed by atoms with Crippen LogP contribution in [-0.2, 0) is 23.1 Å². The van der Waals surface area contributed by atoms with E-state index in [0.717, 1.165) is 5.69 Å². The van der Waals surface area contributed by atoms with Gasteiger partial charge in [0.15, 0.2) is 0 Å². The quantitative estimate of drug-likeness (QED) is 0.718. The highest BCUT2D eigenvalue weighted by atomic mass is 16.4. The molecule has 17 heavy (non-hydrogen) atoms. The first kappa shape index (κ1) is 13.2. The normalized spacial score (nSPS) is 14.1. The van der Waals surface area contributed by atoms with Crippen LogP contribution < -0.4 is 5.32 Å². The Hall–Kier alpha value is -1.85. The summed E-state index contributed by atoms with van der Waals surface area (Å²) in [4.78, 5) is 22.8. The number of carbonyl (C=O) groups excluding carboxylic acids is 1. The van der Waals surface area contributed by atoms with Crippen molar-refractivity contribution >= 4 is 11.9 Å². The minimum atomic E-state index is -1.40. The zero-order chi connectivity index (χ0) is 13.1. The summed E-state index contributed by atoms with van der Waals surface area (Å²) in [7, 11) is 3.22. The van der Waals surface area contributed by atoms with E-state index in [1.807, 2.05) is 6.07 Å². The molecule has 6 nitrogen and oxygen atoms in total. The Morgan fingerprint density at radius 2 is 2.24 bits per heavy atom. The number of hydrogen-bond acceptors (Lipinski definition) is 3. The van der Waals surface area contributed by atoms with Crippen molar-refractivity contribution in [2.75, 3.05) is 7.05 Å². The van der Waals surface area contributed by atoms with Gasteiger partial charge in [-0.1, -0.05) is 0 Å². The average Bonchev–Trinajstić information content (AvgIpc) is 2.70. The lowest BCUT2D eigenvalue weighted by Gasteiger charge is -2.22. The molecule has 6 heteroatoms. The molecule has 0 aliphatic carbocycles. The smallest absolute Gasteiger partial charge is 0.318 e. The first-order chi connectivity index (χ1) is 7.91. The van der Waals surface area contributed by atoms with Crippen molar-refractivity contribution in [3.8, 4) is 0 Å². The lowest BCUT2D eigenvalue weighted by Crippen LogP contribution is -2.43. The van der Waals surface area contributed by atoms with Crippen molar-refractivity contribution in [2.24, 2.45) is 12.5 Å². The van der Waals surface area contributed by atoms with Gasteiger partial charge in [-0.05, 0) is 25.8 Å². The second-order valence-electron chi connectivity index (χ2n) is 4.16. The Labute approximate surface area is 99.6 Å². The van der Waals surface area contributed by atoms with Gasteiger partial charge in [0.2, 0.25) is 5.91 Å². The van der Waals surface area contributed by atoms with Gasteiger partial charge in [0.05, 0.1) is 0 Å². The fourth-order valence-corrected chi connectivity index (χ4v) is 1.62. The van der Waals surface area contributed by atoms with Crippen LogP contribution in [0.15, 0.2) is 12.3 Å². The summed E-state index contributed by atoms with van der Waals surface area (Å²) >= 11 is 0. The van der Waals surface area contributed by atoms with E-state index in [2.05, 4.69) is 10.4 Å². The molecule has 1 rings (SSSR count). The topological polar surface area (TPSA) is 84.2 Å². The molecule has 0 saturated heterocycles. The van der Waals surface area contributed by atoms with Gasteiger partial charge in [0.1, 0.15) is 5.41 Å². The first-order valence-corrected chi connectivity index (χ1v) is 5.34. The molecule has 0 saturated carbocycles. The van der Waals surface area contributed by atoms with Crippen molar-refractivity contribution in [1.82, 2.24) is 15.1 Å². The van der Waals surface area contributed by atoms with Crippen LogP contribution in [0.3, 0.4) is 0 Å². The van der Waals surface area contributed by atoms with E-state index in [4.69, 9.17) is 5.11 Å². The van der Waals surface area contributed by atoms with E-state index >= 15 is 0 Å². The monoisotopic (exact) mass is 239 g/mol. The van der Waals surface area contributed by atoms with Gasteiger partial charge in [-0.3, -0.25) is 14.3 Å². The fourth-order valence-electron chi connectivity index (χ4n) is 1.62. The molecule has 0 spiro atoms. The number of aryl methyl sites for hydroxylation is 2. The fraction of sp³-hybridized carbons (Fsp3) is 0.545. The van der Waals surface area contributed by atoms with Crippen LogP contribution in [0.5, 0.6) is 0 Å². The molecule has 0 radical (unpaired) electrons. The molecule has 1 atom stereocenters. The molecule has 94 valence electrons. The second kappa shape index (κ2) is 4.99. The summed E-state index contributed by atoms with van der Waals surface area (Å²) in [5, 5.41) is 15.5. The molecule has 1 unspecified atom stereocenters. The molecule has 2 N–H and O–H groups in total. The highest BCUT2D eigenvalue weighted by molar-refractivity contribution is 6.01. The molecular formula is C11H17N3O3. The number of nitrogens with one attached hydrogen (secondary N) is 1. The van der Waals surface area contributed by atoms with Gasteiger partial charge < -0.3 is 10.4 Å². The van der Waals surface area contributed by atoms with E-state index in [0.29, 0.717) is 6.42 Å². The third kappa shape index (κ3) is 2.64. The SMILES string of the molecule is CNC(=O)C(C)(CCc1ccnn1C)C(=O)O. The Kier molecular flexibility index (Phi) is 3.88. The molecule has 1 heterocycles. The van der Waals surface area contributed by atoms with Crippen LogP contribution in [-0.4, -0.2) is 33.8 Å². The Bertz CT molecular complexity index is 427. The van der Waals surface area contributed by atoms with Crippen molar-refractivity contribution in [3.63, 3.8) is 0 Å². The van der Waals surface area contributed by atoms with Crippen LogP contribution in [0.1, 0.15) is 19.0 Å². The maximum Gasteiger partial charge on any atom is 0.318 e. The molecule has 0 aliphatic rings. The lowest BCUT2D eigenvalue weighted by molar-refractivity contribution is -0.155. The van der Waals surface area contributed by atoms with E-state index in [1.54, 1.807) is 17.9 Å². The van der Waals surface area contributed by atoms with E-state index in [-0.39, 0.29) is 6.42 Å². The Balaban J connectivity index is 2.79. The summed E-state index contributed by atoms with van der Waals surface area (Å²) < 4.78 is 1.67. The van der Waals surface area contributed by atoms with Gasteiger partial charge in [0, 0.05) is 26.0 Å². The van der Waals surface area contributed by atoms with Gasteiger partial charge in [0.25, 0.3) is 0 Å². The summed E-state index contributed by atoms with van der Waals surface area (Å²) in [5.74, 6) is -1.59. The molecule has 0 bridgehead atoms. The number of carboxylic acid groups (broad SMARTS) is 1. The molecule has 0 aromatic carbocycles. The maximum atomic E-state index is 11.6. The van der Waals surface area contributed by atoms with Crippen molar-refractivity contribution in [2.45, 2.75) is 19.8 Å². The van der Waals surface area contributed by atoms with Crippen LogP contribution >= 0.6 is 0 Å². The Morgan fingerprint density at radius 3 is 2.65 bits per heavy atom. The third-order valence-corrected chi connectivity index (χ3v) is 3.00. The number of aliphatic carboxylic acids is 1. The standard InChI is InChI=1S/C11H17N3O3/c1-11(10(16)17,9(15)12-2)6-4-8-5-7-13-14(8)3/h5,7H,4,6H2,1-3H3,(H,12,15)(H,16,17). The van der Waals surface area contributed by atoms with Gasteiger partial charge in [-0.25, -0.2) is 0 Å². The molecular weight excluding hydrogens is 222 g/mol. The Morgan fingerprint density at radius 1 is 1.59 bits per heavy atom. The zero-order valence-electron chi connectivity index (χ0n) is 10.2. The largest absolute Gasteiger partial charge is 0.480 e. The van der Waals surface area contributed by atoms with Gasteiger partial charge >= 0.3 is 5.97 Å². The highest BCUT2D eigenvalue weighted by Crippen LogP contribution is 2.24. The second-order valence-corrected chi connectivity index (χ2v) is 4.16. The predicted octanol–water partition coefficient (Wildman–Crippen LogP) is 0.190. The van der Waals surface area contributed by atoms with Crippen molar-refractivity contribution in [3.05, 3.63) is 18.0 Å². The summed E-state index contributed by atoms with van der Waals surface area (Å²) in [5.41, 5.74) is -0.500. The number of nitrogens with zero attached hydrogens (tertiary/aromatic N) is 2. The average molecular weight is 239 g/mol. The molecule has 1 aromatic heterocycles. The van der Waals surface area contributed by atoms with Crippen LogP contribution in [0.25, 0.3) is 0 Å². The predicted molar refractivity (Wildman–Crippen MR) is 61.3 cm³/mol. The third-order valence-electron chi connectivity index (χ3n) is 3.00. The minimum Gasteiger partial charge on any atom is -0.480 e. The summed E-state index contributed by atoms with van der Waals surface area (Å²) in [6.07, 6.45) is 2.38. The van der Waals surface area contributed by atoms with Gasteiger partial charge in [-0.2, -0.15) is 5.10 Å². The number of aromatic nitrogens is 2. The van der Waals surface area contributed by atoms with Crippen molar-refractivity contribution < 1.29 is 14.7 Å². The molecule has 1 aromatic rings. The summed E-state index contributed by atoms with van der Waals surface area (Å²) in [6.45, 7) is 1.44. The number of carbonyl (C=O) groups is 2.